The fourth-order valence-corrected chi connectivity index (χ4v) is 3.70. The number of hydrogen-bond acceptors (Lipinski definition) is 5. The van der Waals surface area contributed by atoms with Crippen LogP contribution in [0.2, 0.25) is 0 Å². The van der Waals surface area contributed by atoms with Crippen LogP contribution in [-0.2, 0) is 0 Å². The average molecular weight is 400 g/mol. The Hall–Kier alpha value is -1.60. The van der Waals surface area contributed by atoms with Crippen molar-refractivity contribution in [1.29, 1.82) is 0 Å². The van der Waals surface area contributed by atoms with E-state index < -0.39 is 15.5 Å². The molecule has 5 nitrogen and oxygen atoms in total. The summed E-state index contributed by atoms with van der Waals surface area (Å²) >= 11 is 19.8. The zero-order chi connectivity index (χ0) is 16.9. The number of alkyl halides is 3. The van der Waals surface area contributed by atoms with Crippen molar-refractivity contribution in [2.45, 2.75) is 9.96 Å². The van der Waals surface area contributed by atoms with Crippen LogP contribution in [-0.4, -0.2) is 18.6 Å². The van der Waals surface area contributed by atoms with Gasteiger partial charge in [0.1, 0.15) is 0 Å². The molecule has 0 saturated heterocycles. The van der Waals surface area contributed by atoms with Crippen molar-refractivity contribution in [3.05, 3.63) is 52.1 Å². The van der Waals surface area contributed by atoms with E-state index in [0.717, 1.165) is 11.3 Å². The van der Waals surface area contributed by atoms with Gasteiger partial charge in [-0.15, -0.1) is 11.3 Å². The quantitative estimate of drug-likeness (QED) is 0.619. The molecule has 0 bridgehead atoms. The standard InChI is InChI=1S/C15H9Cl3N4OS/c16-15(17,18)14-19-9-5-2-1-4-8(9)12-20-13(23)11(21-22(12)14)10-6-3-7-24-10/h1-7,14,19H/t14-/m0/s1. The summed E-state index contributed by atoms with van der Waals surface area (Å²) in [5.41, 5.74) is 1.27. The highest BCUT2D eigenvalue weighted by molar-refractivity contribution is 7.13. The number of hydrogen-bond donors (Lipinski definition) is 1. The molecule has 1 aliphatic rings. The Bertz CT molecular complexity index is 966. The van der Waals surface area contributed by atoms with Crippen LogP contribution in [0.4, 0.5) is 5.69 Å². The van der Waals surface area contributed by atoms with E-state index in [1.165, 1.54) is 16.0 Å². The van der Waals surface area contributed by atoms with Crippen LogP contribution < -0.4 is 10.9 Å². The summed E-state index contributed by atoms with van der Waals surface area (Å²) in [7, 11) is 0. The molecule has 0 spiro atoms. The monoisotopic (exact) mass is 398 g/mol. The van der Waals surface area contributed by atoms with Gasteiger partial charge < -0.3 is 5.32 Å². The van der Waals surface area contributed by atoms with Gasteiger partial charge in [-0.25, -0.2) is 4.68 Å². The molecule has 0 unspecified atom stereocenters. The molecular weight excluding hydrogens is 391 g/mol. The number of aromatic nitrogens is 3. The van der Waals surface area contributed by atoms with E-state index in [4.69, 9.17) is 34.8 Å². The molecule has 0 saturated carbocycles. The molecule has 1 aliphatic heterocycles. The lowest BCUT2D eigenvalue weighted by molar-refractivity contribution is 0.491. The Kier molecular flexibility index (Phi) is 3.80. The molecule has 2 aromatic heterocycles. The predicted octanol–water partition coefficient (Wildman–Crippen LogP) is 4.33. The summed E-state index contributed by atoms with van der Waals surface area (Å²) in [5, 5.41) is 9.45. The lowest BCUT2D eigenvalue weighted by Gasteiger charge is -2.33. The second-order valence-electron chi connectivity index (χ2n) is 5.15. The molecule has 1 N–H and O–H groups in total. The fraction of sp³-hybridized carbons (Fsp3) is 0.133. The summed E-state index contributed by atoms with van der Waals surface area (Å²) in [6.07, 6.45) is -0.792. The Morgan fingerprint density at radius 3 is 2.67 bits per heavy atom. The van der Waals surface area contributed by atoms with Gasteiger partial charge in [-0.05, 0) is 23.6 Å². The van der Waals surface area contributed by atoms with Gasteiger partial charge in [-0.2, -0.15) is 10.1 Å². The van der Waals surface area contributed by atoms with Gasteiger partial charge >= 0.3 is 5.56 Å². The van der Waals surface area contributed by atoms with Gasteiger partial charge in [-0.3, -0.25) is 4.79 Å². The molecule has 3 aromatic rings. The fourth-order valence-electron chi connectivity index (χ4n) is 2.56. The van der Waals surface area contributed by atoms with Gasteiger partial charge in [0.05, 0.1) is 4.88 Å². The van der Waals surface area contributed by atoms with E-state index in [-0.39, 0.29) is 5.69 Å². The van der Waals surface area contributed by atoms with Crippen molar-refractivity contribution in [2.24, 2.45) is 0 Å². The molecule has 24 heavy (non-hydrogen) atoms. The first-order valence-electron chi connectivity index (χ1n) is 6.92. The van der Waals surface area contributed by atoms with E-state index in [9.17, 15) is 4.79 Å². The number of anilines is 1. The van der Waals surface area contributed by atoms with Crippen LogP contribution in [0.1, 0.15) is 6.17 Å². The second-order valence-corrected chi connectivity index (χ2v) is 8.46. The van der Waals surface area contributed by atoms with Crippen molar-refractivity contribution in [3.8, 4) is 22.0 Å². The Labute approximate surface area is 155 Å². The number of para-hydroxylation sites is 1. The highest BCUT2D eigenvalue weighted by atomic mass is 35.6. The van der Waals surface area contributed by atoms with Crippen molar-refractivity contribution < 1.29 is 0 Å². The predicted molar refractivity (Wildman–Crippen MR) is 98.0 cm³/mol. The van der Waals surface area contributed by atoms with E-state index >= 15 is 0 Å². The molecule has 1 aromatic carbocycles. The van der Waals surface area contributed by atoms with Crippen LogP contribution in [0.25, 0.3) is 22.0 Å². The first-order chi connectivity index (χ1) is 11.4. The highest BCUT2D eigenvalue weighted by Crippen LogP contribution is 2.44. The smallest absolute Gasteiger partial charge is 0.300 e. The minimum atomic E-state index is -1.68. The zero-order valence-corrected chi connectivity index (χ0v) is 15.0. The van der Waals surface area contributed by atoms with Crippen molar-refractivity contribution in [2.75, 3.05) is 5.32 Å². The maximum absolute atomic E-state index is 12.5. The van der Waals surface area contributed by atoms with Crippen molar-refractivity contribution in [3.63, 3.8) is 0 Å². The number of nitrogens with one attached hydrogen (secondary N) is 1. The van der Waals surface area contributed by atoms with Gasteiger partial charge in [-0.1, -0.05) is 53.0 Å². The summed E-state index contributed by atoms with van der Waals surface area (Å²) < 4.78 is -0.218. The first kappa shape index (κ1) is 15.9. The van der Waals surface area contributed by atoms with Gasteiger partial charge in [0.25, 0.3) is 0 Å². The molecule has 0 fully saturated rings. The normalized spacial score (nSPS) is 16.2. The third kappa shape index (κ3) is 2.59. The molecule has 3 heterocycles. The second kappa shape index (κ2) is 5.74. The summed E-state index contributed by atoms with van der Waals surface area (Å²) in [6.45, 7) is 0. The Balaban J connectivity index is 2.00. The van der Waals surface area contributed by atoms with Gasteiger partial charge in [0.2, 0.25) is 3.79 Å². The van der Waals surface area contributed by atoms with Crippen molar-refractivity contribution in [1.82, 2.24) is 14.8 Å². The number of fused-ring (bicyclic) bond motifs is 3. The Morgan fingerprint density at radius 1 is 1.17 bits per heavy atom. The molecule has 1 atom stereocenters. The third-order valence-electron chi connectivity index (χ3n) is 3.60. The summed E-state index contributed by atoms with van der Waals surface area (Å²) in [5.74, 6) is 0.367. The molecule has 122 valence electrons. The van der Waals surface area contributed by atoms with Crippen LogP contribution in [0.3, 0.4) is 0 Å². The first-order valence-corrected chi connectivity index (χ1v) is 8.94. The lowest BCUT2D eigenvalue weighted by Crippen LogP contribution is -2.38. The van der Waals surface area contributed by atoms with E-state index in [2.05, 4.69) is 15.4 Å². The minimum Gasteiger partial charge on any atom is -0.360 e. The van der Waals surface area contributed by atoms with E-state index in [1.54, 1.807) is 6.07 Å². The molecule has 4 rings (SSSR count). The summed E-state index contributed by atoms with van der Waals surface area (Å²) in [6, 6.07) is 11.0. The molecule has 9 heteroatoms. The van der Waals surface area contributed by atoms with Crippen LogP contribution in [0.15, 0.2) is 46.6 Å². The van der Waals surface area contributed by atoms with E-state index in [1.807, 2.05) is 35.7 Å². The molecule has 0 radical (unpaired) electrons. The average Bonchev–Trinajstić information content (AvgIpc) is 3.07. The molecule has 0 aliphatic carbocycles. The topological polar surface area (TPSA) is 59.8 Å². The lowest BCUT2D eigenvalue weighted by atomic mass is 10.1. The maximum atomic E-state index is 12.5. The SMILES string of the molecule is O=c1nc2n(nc1-c1cccs1)[C@@H](C(Cl)(Cl)Cl)Nc1ccccc1-2. The zero-order valence-electron chi connectivity index (χ0n) is 11.9. The largest absolute Gasteiger partial charge is 0.360 e. The number of rotatable bonds is 1. The highest BCUT2D eigenvalue weighted by Gasteiger charge is 2.40. The van der Waals surface area contributed by atoms with E-state index in [0.29, 0.717) is 10.7 Å². The Morgan fingerprint density at radius 2 is 1.96 bits per heavy atom. The van der Waals surface area contributed by atoms with Crippen molar-refractivity contribution >= 4 is 51.8 Å². The maximum Gasteiger partial charge on any atom is 0.300 e. The summed E-state index contributed by atoms with van der Waals surface area (Å²) in [4.78, 5) is 17.4. The van der Waals surface area contributed by atoms with Crippen LogP contribution in [0, 0.1) is 0 Å². The van der Waals surface area contributed by atoms with Gasteiger partial charge in [0, 0.05) is 11.3 Å². The number of nitrogens with zero attached hydrogens (tertiary/aromatic N) is 3. The van der Waals surface area contributed by atoms with Crippen LogP contribution >= 0.6 is 46.1 Å². The van der Waals surface area contributed by atoms with Gasteiger partial charge in [0.15, 0.2) is 17.7 Å². The number of thiophene rings is 1. The van der Waals surface area contributed by atoms with Crippen LogP contribution in [0.5, 0.6) is 0 Å². The molecule has 0 amide bonds. The molecular formula is C15H9Cl3N4OS. The third-order valence-corrected chi connectivity index (χ3v) is 5.10. The minimum absolute atomic E-state index is 0.231. The number of halogens is 3. The number of benzene rings is 1.